The zero-order valence-corrected chi connectivity index (χ0v) is 7.92. The highest BCUT2D eigenvalue weighted by molar-refractivity contribution is 5.57. The van der Waals surface area contributed by atoms with Crippen molar-refractivity contribution in [2.75, 3.05) is 5.73 Å². The van der Waals surface area contributed by atoms with Crippen LogP contribution in [0.4, 0.5) is 27.8 Å². The second-order valence-electron chi connectivity index (χ2n) is 2.76. The number of anilines is 1. The highest BCUT2D eigenvalue weighted by Gasteiger charge is 2.35. The van der Waals surface area contributed by atoms with Crippen LogP contribution in [-0.4, -0.2) is 11.3 Å². The van der Waals surface area contributed by atoms with Crippen molar-refractivity contribution < 1.29 is 26.7 Å². The van der Waals surface area contributed by atoms with Crippen LogP contribution in [0, 0.1) is 11.3 Å². The van der Waals surface area contributed by atoms with E-state index in [1.165, 1.54) is 6.07 Å². The number of nitrogen functional groups attached to an aromatic ring is 1. The molecule has 0 aliphatic carbocycles. The van der Waals surface area contributed by atoms with E-state index < -0.39 is 35.5 Å². The van der Waals surface area contributed by atoms with Crippen LogP contribution in [0.5, 0.6) is 5.75 Å². The topological polar surface area (TPSA) is 71.9 Å². The standard InChI is InChI=1S/C8H4F5N3O/c9-6(10)4-3(1-14)2-16-7(15)5(4)17-8(11,12)13/h2,6H,(H2,15,16). The van der Waals surface area contributed by atoms with Gasteiger partial charge in [0, 0.05) is 6.20 Å². The summed E-state index contributed by atoms with van der Waals surface area (Å²) in [5.74, 6) is -2.21. The summed E-state index contributed by atoms with van der Waals surface area (Å²) < 4.78 is 64.3. The molecule has 0 saturated carbocycles. The molecule has 1 aromatic heterocycles. The summed E-state index contributed by atoms with van der Waals surface area (Å²) in [6, 6.07) is 1.28. The van der Waals surface area contributed by atoms with Crippen LogP contribution in [0.25, 0.3) is 0 Å². The molecule has 1 aromatic rings. The second kappa shape index (κ2) is 4.40. The Bertz CT molecular complexity index is 465. The van der Waals surface area contributed by atoms with Crippen molar-refractivity contribution in [2.45, 2.75) is 12.8 Å². The minimum atomic E-state index is -5.20. The maximum atomic E-state index is 12.5. The number of halogens is 5. The van der Waals surface area contributed by atoms with E-state index in [4.69, 9.17) is 11.0 Å². The third-order valence-electron chi connectivity index (χ3n) is 1.66. The maximum Gasteiger partial charge on any atom is 0.573 e. The summed E-state index contributed by atoms with van der Waals surface area (Å²) in [5.41, 5.74) is 3.06. The molecule has 0 radical (unpaired) electrons. The van der Waals surface area contributed by atoms with Crippen molar-refractivity contribution >= 4 is 5.82 Å². The highest BCUT2D eigenvalue weighted by Crippen LogP contribution is 2.38. The van der Waals surface area contributed by atoms with Gasteiger partial charge in [-0.15, -0.1) is 13.2 Å². The van der Waals surface area contributed by atoms with Crippen molar-refractivity contribution in [2.24, 2.45) is 0 Å². The van der Waals surface area contributed by atoms with Gasteiger partial charge in [-0.05, 0) is 0 Å². The van der Waals surface area contributed by atoms with Crippen LogP contribution in [0.3, 0.4) is 0 Å². The van der Waals surface area contributed by atoms with Crippen molar-refractivity contribution in [1.82, 2.24) is 4.98 Å². The van der Waals surface area contributed by atoms with Crippen molar-refractivity contribution in [3.05, 3.63) is 17.3 Å². The molecule has 0 amide bonds. The molecule has 0 atom stereocenters. The summed E-state index contributed by atoms with van der Waals surface area (Å²) in [6.07, 6.45) is -7.89. The Kier molecular flexibility index (Phi) is 3.36. The van der Waals surface area contributed by atoms with E-state index in [-0.39, 0.29) is 0 Å². The first-order valence-corrected chi connectivity index (χ1v) is 3.98. The second-order valence-corrected chi connectivity index (χ2v) is 2.76. The molecule has 0 saturated heterocycles. The zero-order chi connectivity index (χ0) is 13.2. The van der Waals surface area contributed by atoms with E-state index in [0.717, 1.165) is 0 Å². The highest BCUT2D eigenvalue weighted by atomic mass is 19.4. The summed E-state index contributed by atoms with van der Waals surface area (Å²) in [4.78, 5) is 3.17. The molecule has 0 fully saturated rings. The average molecular weight is 253 g/mol. The van der Waals surface area contributed by atoms with Crippen molar-refractivity contribution in [1.29, 1.82) is 5.26 Å². The Hall–Kier alpha value is -2.11. The Morgan fingerprint density at radius 3 is 2.41 bits per heavy atom. The lowest BCUT2D eigenvalue weighted by Crippen LogP contribution is -2.20. The molecular formula is C8H4F5N3O. The van der Waals surface area contributed by atoms with Crippen LogP contribution in [-0.2, 0) is 0 Å². The quantitative estimate of drug-likeness (QED) is 0.821. The molecule has 0 aromatic carbocycles. The first-order chi connectivity index (χ1) is 7.76. The number of rotatable bonds is 2. The molecule has 1 rings (SSSR count). The SMILES string of the molecule is N#Cc1cnc(N)c(OC(F)(F)F)c1C(F)F. The molecule has 0 aliphatic rings. The largest absolute Gasteiger partial charge is 0.573 e. The number of pyridine rings is 1. The number of ether oxygens (including phenoxy) is 1. The molecule has 0 aliphatic heterocycles. The molecule has 0 unspecified atom stereocenters. The van der Waals surface area contributed by atoms with Crippen LogP contribution in [0.15, 0.2) is 6.20 Å². The molecule has 0 bridgehead atoms. The van der Waals surface area contributed by atoms with Gasteiger partial charge < -0.3 is 10.5 Å². The number of nitrogens with two attached hydrogens (primary N) is 1. The lowest BCUT2D eigenvalue weighted by molar-refractivity contribution is -0.275. The number of nitriles is 1. The fraction of sp³-hybridized carbons (Fsp3) is 0.250. The third-order valence-corrected chi connectivity index (χ3v) is 1.66. The van der Waals surface area contributed by atoms with Crippen molar-refractivity contribution in [3.63, 3.8) is 0 Å². The Balaban J connectivity index is 3.41. The molecule has 2 N–H and O–H groups in total. The van der Waals surface area contributed by atoms with Crippen molar-refractivity contribution in [3.8, 4) is 11.8 Å². The van der Waals surface area contributed by atoms with E-state index in [1.807, 2.05) is 0 Å². The predicted octanol–water partition coefficient (Wildman–Crippen LogP) is 2.37. The Morgan fingerprint density at radius 2 is 2.00 bits per heavy atom. The van der Waals surface area contributed by atoms with Crippen LogP contribution in [0.1, 0.15) is 17.6 Å². The Labute approximate surface area is 91.4 Å². The van der Waals surface area contributed by atoms with Gasteiger partial charge in [-0.1, -0.05) is 0 Å². The van der Waals surface area contributed by atoms with Crippen LogP contribution < -0.4 is 10.5 Å². The molecule has 92 valence electrons. The molecule has 1 heterocycles. The van der Waals surface area contributed by atoms with E-state index in [2.05, 4.69) is 9.72 Å². The van der Waals surface area contributed by atoms with Gasteiger partial charge in [0.15, 0.2) is 11.6 Å². The lowest BCUT2D eigenvalue weighted by atomic mass is 10.1. The smallest absolute Gasteiger partial charge is 0.401 e. The third kappa shape index (κ3) is 2.93. The molecule has 0 spiro atoms. The zero-order valence-electron chi connectivity index (χ0n) is 7.92. The maximum absolute atomic E-state index is 12.5. The number of nitrogens with zero attached hydrogens (tertiary/aromatic N) is 2. The average Bonchev–Trinajstić information content (AvgIpc) is 2.18. The number of hydrogen-bond donors (Lipinski definition) is 1. The van der Waals surface area contributed by atoms with Gasteiger partial charge in [0.25, 0.3) is 6.43 Å². The lowest BCUT2D eigenvalue weighted by Gasteiger charge is -2.14. The Morgan fingerprint density at radius 1 is 1.41 bits per heavy atom. The van der Waals surface area contributed by atoms with Gasteiger partial charge >= 0.3 is 6.36 Å². The van der Waals surface area contributed by atoms with Gasteiger partial charge in [-0.2, -0.15) is 5.26 Å². The van der Waals surface area contributed by atoms with Gasteiger partial charge in [-0.25, -0.2) is 13.8 Å². The van der Waals surface area contributed by atoms with E-state index in [0.29, 0.717) is 6.20 Å². The molecule has 9 heteroatoms. The fourth-order valence-electron chi connectivity index (χ4n) is 1.05. The van der Waals surface area contributed by atoms with Gasteiger partial charge in [0.2, 0.25) is 0 Å². The number of aromatic nitrogens is 1. The minimum absolute atomic E-state index is 0.653. The molecule has 4 nitrogen and oxygen atoms in total. The van der Waals surface area contributed by atoms with Crippen LogP contribution in [0.2, 0.25) is 0 Å². The predicted molar refractivity (Wildman–Crippen MR) is 45.0 cm³/mol. The number of alkyl halides is 5. The van der Waals surface area contributed by atoms with Crippen LogP contribution >= 0.6 is 0 Å². The summed E-state index contributed by atoms with van der Waals surface area (Å²) in [6.45, 7) is 0. The summed E-state index contributed by atoms with van der Waals surface area (Å²) in [5, 5.41) is 8.48. The normalized spacial score (nSPS) is 11.4. The fourth-order valence-corrected chi connectivity index (χ4v) is 1.05. The van der Waals surface area contributed by atoms with E-state index in [9.17, 15) is 22.0 Å². The first kappa shape index (κ1) is 13.0. The monoisotopic (exact) mass is 253 g/mol. The molecule has 17 heavy (non-hydrogen) atoms. The van der Waals surface area contributed by atoms with E-state index in [1.54, 1.807) is 0 Å². The van der Waals surface area contributed by atoms with E-state index >= 15 is 0 Å². The summed E-state index contributed by atoms with van der Waals surface area (Å²) >= 11 is 0. The minimum Gasteiger partial charge on any atom is -0.401 e. The summed E-state index contributed by atoms with van der Waals surface area (Å²) in [7, 11) is 0. The first-order valence-electron chi connectivity index (χ1n) is 3.98. The van der Waals surface area contributed by atoms with Gasteiger partial charge in [-0.3, -0.25) is 0 Å². The molecular weight excluding hydrogens is 249 g/mol. The number of hydrogen-bond acceptors (Lipinski definition) is 4. The van der Waals surface area contributed by atoms with Gasteiger partial charge in [0.05, 0.1) is 11.1 Å². The van der Waals surface area contributed by atoms with Gasteiger partial charge in [0.1, 0.15) is 6.07 Å².